The molecule has 0 heterocycles. The molecule has 12 heavy (non-hydrogen) atoms. The molecule has 2 heteroatoms. The van der Waals surface area contributed by atoms with Crippen LogP contribution in [-0.2, 0) is 6.42 Å². The monoisotopic (exact) mass is 224 g/mol. The molecule has 1 aromatic rings. The Balaban J connectivity index is 2.54. The molecule has 0 aliphatic heterocycles. The predicted molar refractivity (Wildman–Crippen MR) is 51.9 cm³/mol. The van der Waals surface area contributed by atoms with E-state index in [-0.39, 0.29) is 10.6 Å². The lowest BCUT2D eigenvalue weighted by molar-refractivity contribution is 0.100. The molecular weight excluding hydrogens is 216 g/mol. The fraction of sp³-hybridized carbons (Fsp3) is 0.300. The molecule has 1 atom stereocenters. The lowest BCUT2D eigenvalue weighted by atomic mass is 10.1. The van der Waals surface area contributed by atoms with Gasteiger partial charge in [-0.2, -0.15) is 0 Å². The van der Waals surface area contributed by atoms with Crippen molar-refractivity contribution in [2.75, 3.05) is 0 Å². The summed E-state index contributed by atoms with van der Waals surface area (Å²) in [5.74, 6) is 0.227. The van der Waals surface area contributed by atoms with Gasteiger partial charge in [0.1, 0.15) is 0 Å². The Kier molecular flexibility index (Phi) is 1.80. The molecule has 2 rings (SSSR count). The molecule has 0 aromatic heterocycles. The third kappa shape index (κ3) is 1.11. The molecule has 0 spiro atoms. The van der Waals surface area contributed by atoms with Crippen molar-refractivity contribution in [3.63, 3.8) is 0 Å². The second kappa shape index (κ2) is 2.70. The second-order valence-electron chi connectivity index (χ2n) is 3.20. The van der Waals surface area contributed by atoms with Crippen LogP contribution in [0.15, 0.2) is 18.2 Å². The van der Waals surface area contributed by atoms with E-state index in [9.17, 15) is 4.79 Å². The maximum atomic E-state index is 11.5. The molecule has 0 N–H and O–H groups in total. The van der Waals surface area contributed by atoms with Gasteiger partial charge in [0.05, 0.1) is 4.83 Å². The van der Waals surface area contributed by atoms with Gasteiger partial charge in [-0.15, -0.1) is 0 Å². The molecule has 62 valence electrons. The average Bonchev–Trinajstić information content (AvgIpc) is 2.28. The SMILES string of the molecule is Cc1ccc2c(c1)C[C@@H](Br)C2=O. The summed E-state index contributed by atoms with van der Waals surface area (Å²) in [7, 11) is 0. The number of alkyl halides is 1. The van der Waals surface area contributed by atoms with Crippen molar-refractivity contribution in [3.05, 3.63) is 34.9 Å². The molecule has 1 nitrogen and oxygen atoms in total. The van der Waals surface area contributed by atoms with Crippen molar-refractivity contribution in [2.45, 2.75) is 18.2 Å². The maximum absolute atomic E-state index is 11.5. The molecule has 0 unspecified atom stereocenters. The zero-order valence-electron chi connectivity index (χ0n) is 6.80. The van der Waals surface area contributed by atoms with Crippen LogP contribution in [0, 0.1) is 6.92 Å². The van der Waals surface area contributed by atoms with Gasteiger partial charge in [0.25, 0.3) is 0 Å². The Labute approximate surface area is 79.9 Å². The van der Waals surface area contributed by atoms with Gasteiger partial charge in [0, 0.05) is 5.56 Å². The van der Waals surface area contributed by atoms with Crippen LogP contribution in [0.4, 0.5) is 0 Å². The van der Waals surface area contributed by atoms with Gasteiger partial charge in [-0.1, -0.05) is 39.7 Å². The van der Waals surface area contributed by atoms with E-state index in [4.69, 9.17) is 0 Å². The molecule has 0 bridgehead atoms. The van der Waals surface area contributed by atoms with Crippen LogP contribution in [0.2, 0.25) is 0 Å². The fourth-order valence-corrected chi connectivity index (χ4v) is 2.18. The molecule has 0 fully saturated rings. The van der Waals surface area contributed by atoms with E-state index in [2.05, 4.69) is 22.0 Å². The van der Waals surface area contributed by atoms with E-state index in [1.807, 2.05) is 19.1 Å². The number of benzene rings is 1. The first-order valence-corrected chi connectivity index (χ1v) is 4.88. The van der Waals surface area contributed by atoms with Crippen molar-refractivity contribution in [3.8, 4) is 0 Å². The third-order valence-corrected chi connectivity index (χ3v) is 2.95. The first-order valence-electron chi connectivity index (χ1n) is 3.96. The van der Waals surface area contributed by atoms with Crippen molar-refractivity contribution in [1.82, 2.24) is 0 Å². The summed E-state index contributed by atoms with van der Waals surface area (Å²) in [6.07, 6.45) is 0.843. The lowest BCUT2D eigenvalue weighted by Gasteiger charge is -1.96. The van der Waals surface area contributed by atoms with Crippen LogP contribution in [0.3, 0.4) is 0 Å². The van der Waals surface area contributed by atoms with Crippen LogP contribution in [0.25, 0.3) is 0 Å². The van der Waals surface area contributed by atoms with E-state index >= 15 is 0 Å². The molecule has 1 aromatic carbocycles. The standard InChI is InChI=1S/C10H9BrO/c1-6-2-3-8-7(4-6)5-9(11)10(8)12/h2-4,9H,5H2,1H3/t9-/m1/s1. The first-order chi connectivity index (χ1) is 5.68. The molecule has 0 saturated heterocycles. The Morgan fingerprint density at radius 1 is 1.50 bits per heavy atom. The fourth-order valence-electron chi connectivity index (χ4n) is 1.59. The molecule has 0 amide bonds. The number of aryl methyl sites for hydroxylation is 1. The van der Waals surface area contributed by atoms with Gasteiger partial charge in [-0.25, -0.2) is 0 Å². The summed E-state index contributed by atoms with van der Waals surface area (Å²) in [6.45, 7) is 2.05. The summed E-state index contributed by atoms with van der Waals surface area (Å²) in [6, 6.07) is 6.00. The second-order valence-corrected chi connectivity index (χ2v) is 4.30. The van der Waals surface area contributed by atoms with E-state index in [0.717, 1.165) is 12.0 Å². The number of hydrogen-bond acceptors (Lipinski definition) is 1. The minimum absolute atomic E-state index is 0.00861. The summed E-state index contributed by atoms with van der Waals surface area (Å²) in [5, 5.41) is 0. The third-order valence-electron chi connectivity index (χ3n) is 2.21. The summed E-state index contributed by atoms with van der Waals surface area (Å²) >= 11 is 3.36. The number of fused-ring (bicyclic) bond motifs is 1. The van der Waals surface area contributed by atoms with Gasteiger partial charge in [0.15, 0.2) is 5.78 Å². The highest BCUT2D eigenvalue weighted by molar-refractivity contribution is 9.10. The van der Waals surface area contributed by atoms with E-state index < -0.39 is 0 Å². The number of carbonyl (C=O) groups excluding carboxylic acids is 1. The minimum atomic E-state index is 0.00861. The van der Waals surface area contributed by atoms with Gasteiger partial charge in [-0.05, 0) is 18.9 Å². The number of Topliss-reactive ketones (excluding diaryl/α,β-unsaturated/α-hetero) is 1. The van der Waals surface area contributed by atoms with Crippen molar-refractivity contribution in [1.29, 1.82) is 0 Å². The van der Waals surface area contributed by atoms with Gasteiger partial charge in [0.2, 0.25) is 0 Å². The highest BCUT2D eigenvalue weighted by Crippen LogP contribution is 2.27. The Bertz CT molecular complexity index is 344. The van der Waals surface area contributed by atoms with E-state index in [1.165, 1.54) is 11.1 Å². The van der Waals surface area contributed by atoms with E-state index in [1.54, 1.807) is 0 Å². The zero-order chi connectivity index (χ0) is 8.72. The normalized spacial score (nSPS) is 21.2. The number of carbonyl (C=O) groups is 1. The molecular formula is C10H9BrO. The number of ketones is 1. The molecule has 1 aliphatic carbocycles. The number of halogens is 1. The maximum Gasteiger partial charge on any atom is 0.177 e. The zero-order valence-corrected chi connectivity index (χ0v) is 8.39. The lowest BCUT2D eigenvalue weighted by Crippen LogP contribution is -2.05. The molecule has 1 aliphatic rings. The Hall–Kier alpha value is -0.630. The van der Waals surface area contributed by atoms with Crippen LogP contribution in [0.5, 0.6) is 0 Å². The van der Waals surface area contributed by atoms with E-state index in [0.29, 0.717) is 0 Å². The van der Waals surface area contributed by atoms with Gasteiger partial charge in [-0.3, -0.25) is 4.79 Å². The van der Waals surface area contributed by atoms with Crippen molar-refractivity contribution < 1.29 is 4.79 Å². The number of rotatable bonds is 0. The number of hydrogen-bond donors (Lipinski definition) is 0. The Morgan fingerprint density at radius 3 is 3.00 bits per heavy atom. The largest absolute Gasteiger partial charge is 0.293 e. The van der Waals surface area contributed by atoms with Crippen LogP contribution in [-0.4, -0.2) is 10.6 Å². The molecule has 0 saturated carbocycles. The first kappa shape index (κ1) is 7.99. The summed E-state index contributed by atoms with van der Waals surface area (Å²) < 4.78 is 0. The Morgan fingerprint density at radius 2 is 2.25 bits per heavy atom. The van der Waals surface area contributed by atoms with Crippen LogP contribution >= 0.6 is 15.9 Å². The average molecular weight is 225 g/mol. The minimum Gasteiger partial charge on any atom is -0.293 e. The highest BCUT2D eigenvalue weighted by Gasteiger charge is 2.27. The van der Waals surface area contributed by atoms with Gasteiger partial charge < -0.3 is 0 Å². The van der Waals surface area contributed by atoms with Gasteiger partial charge >= 0.3 is 0 Å². The topological polar surface area (TPSA) is 17.1 Å². The quantitative estimate of drug-likeness (QED) is 0.620. The molecule has 0 radical (unpaired) electrons. The summed E-state index contributed by atoms with van der Waals surface area (Å²) in [5.41, 5.74) is 3.30. The summed E-state index contributed by atoms with van der Waals surface area (Å²) in [4.78, 5) is 11.5. The highest BCUT2D eigenvalue weighted by atomic mass is 79.9. The van der Waals surface area contributed by atoms with Crippen LogP contribution < -0.4 is 0 Å². The van der Waals surface area contributed by atoms with Crippen molar-refractivity contribution in [2.24, 2.45) is 0 Å². The van der Waals surface area contributed by atoms with Crippen molar-refractivity contribution >= 4 is 21.7 Å². The van der Waals surface area contributed by atoms with Crippen LogP contribution in [0.1, 0.15) is 21.5 Å². The predicted octanol–water partition coefficient (Wildman–Crippen LogP) is 2.50. The smallest absolute Gasteiger partial charge is 0.177 e.